The zero-order valence-corrected chi connectivity index (χ0v) is 11.9. The molecule has 0 aromatic heterocycles. The second-order valence-corrected chi connectivity index (χ2v) is 5.33. The molecule has 0 aromatic rings. The first kappa shape index (κ1) is 14.3. The monoisotopic (exact) mass is 268 g/mol. The van der Waals surface area contributed by atoms with Gasteiger partial charge in [-0.1, -0.05) is 6.92 Å². The minimum absolute atomic E-state index is 0.00964. The Morgan fingerprint density at radius 3 is 2.63 bits per heavy atom. The SMILES string of the molecule is CCOCCCN1C(=O)C(C2CC2)NC(=O)C1CC. The van der Waals surface area contributed by atoms with Crippen molar-refractivity contribution < 1.29 is 14.3 Å². The van der Waals surface area contributed by atoms with Crippen LogP contribution in [0.1, 0.15) is 39.5 Å². The Morgan fingerprint density at radius 2 is 2.05 bits per heavy atom. The first-order valence-electron chi connectivity index (χ1n) is 7.37. The van der Waals surface area contributed by atoms with Crippen LogP contribution in [0.25, 0.3) is 0 Å². The van der Waals surface area contributed by atoms with Crippen LogP contribution in [-0.2, 0) is 14.3 Å². The number of amides is 2. The Labute approximate surface area is 114 Å². The summed E-state index contributed by atoms with van der Waals surface area (Å²) in [5.41, 5.74) is 0. The van der Waals surface area contributed by atoms with Crippen LogP contribution < -0.4 is 5.32 Å². The number of ether oxygens (including phenoxy) is 1. The summed E-state index contributed by atoms with van der Waals surface area (Å²) in [6.07, 6.45) is 3.57. The number of piperazine rings is 1. The normalized spacial score (nSPS) is 27.6. The molecule has 2 amide bonds. The number of hydrogen-bond donors (Lipinski definition) is 1. The van der Waals surface area contributed by atoms with Gasteiger partial charge in [-0.2, -0.15) is 0 Å². The topological polar surface area (TPSA) is 58.6 Å². The average Bonchev–Trinajstić information content (AvgIpc) is 3.22. The molecular weight excluding hydrogens is 244 g/mol. The summed E-state index contributed by atoms with van der Waals surface area (Å²) in [4.78, 5) is 26.3. The summed E-state index contributed by atoms with van der Waals surface area (Å²) in [7, 11) is 0. The van der Waals surface area contributed by atoms with E-state index in [-0.39, 0.29) is 23.9 Å². The van der Waals surface area contributed by atoms with Crippen LogP contribution in [0.4, 0.5) is 0 Å². The summed E-state index contributed by atoms with van der Waals surface area (Å²) in [5, 5.41) is 2.90. The fraction of sp³-hybridized carbons (Fsp3) is 0.857. The summed E-state index contributed by atoms with van der Waals surface area (Å²) < 4.78 is 5.30. The van der Waals surface area contributed by atoms with Crippen molar-refractivity contribution >= 4 is 11.8 Å². The van der Waals surface area contributed by atoms with Crippen molar-refractivity contribution in [2.45, 2.75) is 51.6 Å². The van der Waals surface area contributed by atoms with Crippen molar-refractivity contribution in [3.63, 3.8) is 0 Å². The zero-order chi connectivity index (χ0) is 13.8. The molecule has 0 spiro atoms. The molecule has 1 saturated carbocycles. The molecule has 1 saturated heterocycles. The minimum Gasteiger partial charge on any atom is -0.382 e. The predicted molar refractivity (Wildman–Crippen MR) is 71.6 cm³/mol. The number of carbonyl (C=O) groups excluding carboxylic acids is 2. The van der Waals surface area contributed by atoms with Gasteiger partial charge >= 0.3 is 0 Å². The number of hydrogen-bond acceptors (Lipinski definition) is 3. The molecule has 1 aliphatic carbocycles. The molecular formula is C14H24N2O3. The highest BCUT2D eigenvalue weighted by molar-refractivity contribution is 5.97. The molecule has 0 bridgehead atoms. The maximum atomic E-state index is 12.5. The lowest BCUT2D eigenvalue weighted by Crippen LogP contribution is -2.64. The molecule has 2 fully saturated rings. The van der Waals surface area contributed by atoms with Gasteiger partial charge in [0.05, 0.1) is 0 Å². The lowest BCUT2D eigenvalue weighted by atomic mass is 10.0. The van der Waals surface area contributed by atoms with Crippen LogP contribution in [0.15, 0.2) is 0 Å². The van der Waals surface area contributed by atoms with E-state index in [2.05, 4.69) is 5.32 Å². The summed E-state index contributed by atoms with van der Waals surface area (Å²) in [5.74, 6) is 0.476. The van der Waals surface area contributed by atoms with Crippen LogP contribution in [0.2, 0.25) is 0 Å². The molecule has 1 aliphatic heterocycles. The fourth-order valence-electron chi connectivity index (χ4n) is 2.69. The quantitative estimate of drug-likeness (QED) is 0.699. The van der Waals surface area contributed by atoms with Crippen LogP contribution >= 0.6 is 0 Å². The molecule has 0 radical (unpaired) electrons. The highest BCUT2D eigenvalue weighted by Crippen LogP contribution is 2.35. The van der Waals surface area contributed by atoms with Gasteiger partial charge in [0.1, 0.15) is 12.1 Å². The third-order valence-electron chi connectivity index (χ3n) is 3.90. The van der Waals surface area contributed by atoms with Gasteiger partial charge in [0, 0.05) is 19.8 Å². The van der Waals surface area contributed by atoms with Crippen LogP contribution in [0.5, 0.6) is 0 Å². The summed E-state index contributed by atoms with van der Waals surface area (Å²) >= 11 is 0. The number of nitrogens with one attached hydrogen (secondary N) is 1. The van der Waals surface area contributed by atoms with E-state index < -0.39 is 0 Å². The summed E-state index contributed by atoms with van der Waals surface area (Å²) in [6, 6.07) is -0.577. The fourth-order valence-corrected chi connectivity index (χ4v) is 2.69. The smallest absolute Gasteiger partial charge is 0.246 e. The largest absolute Gasteiger partial charge is 0.382 e. The Morgan fingerprint density at radius 1 is 1.32 bits per heavy atom. The van der Waals surface area contributed by atoms with Crippen LogP contribution in [0.3, 0.4) is 0 Å². The molecule has 0 aromatic carbocycles. The highest BCUT2D eigenvalue weighted by atomic mass is 16.5. The lowest BCUT2D eigenvalue weighted by Gasteiger charge is -2.38. The van der Waals surface area contributed by atoms with E-state index in [9.17, 15) is 9.59 Å². The molecule has 108 valence electrons. The molecule has 2 atom stereocenters. The minimum atomic E-state index is -0.302. The predicted octanol–water partition coefficient (Wildman–Crippen LogP) is 0.929. The molecule has 1 heterocycles. The van der Waals surface area contributed by atoms with Crippen molar-refractivity contribution in [2.24, 2.45) is 5.92 Å². The first-order valence-corrected chi connectivity index (χ1v) is 7.37. The Balaban J connectivity index is 1.97. The zero-order valence-electron chi connectivity index (χ0n) is 11.9. The van der Waals surface area contributed by atoms with Crippen molar-refractivity contribution in [3.05, 3.63) is 0 Å². The Kier molecular flexibility index (Phi) is 4.80. The van der Waals surface area contributed by atoms with Crippen molar-refractivity contribution in [1.82, 2.24) is 10.2 Å². The molecule has 1 N–H and O–H groups in total. The standard InChI is InChI=1S/C14H24N2O3/c1-3-11-13(17)15-12(10-6-7-10)14(18)16(11)8-5-9-19-4-2/h10-12H,3-9H2,1-2H3,(H,15,17). The second kappa shape index (κ2) is 6.37. The molecule has 19 heavy (non-hydrogen) atoms. The molecule has 2 unspecified atom stereocenters. The summed E-state index contributed by atoms with van der Waals surface area (Å²) in [6.45, 7) is 5.86. The van der Waals surface area contributed by atoms with Crippen LogP contribution in [0, 0.1) is 5.92 Å². The lowest BCUT2D eigenvalue weighted by molar-refractivity contribution is -0.150. The molecule has 5 heteroatoms. The highest BCUT2D eigenvalue weighted by Gasteiger charge is 2.45. The van der Waals surface area contributed by atoms with E-state index in [1.165, 1.54) is 0 Å². The maximum absolute atomic E-state index is 12.5. The Hall–Kier alpha value is -1.10. The van der Waals surface area contributed by atoms with E-state index in [4.69, 9.17) is 4.74 Å². The van der Waals surface area contributed by atoms with E-state index >= 15 is 0 Å². The molecule has 2 aliphatic rings. The average molecular weight is 268 g/mol. The third-order valence-corrected chi connectivity index (χ3v) is 3.90. The van der Waals surface area contributed by atoms with Gasteiger partial charge in [-0.3, -0.25) is 9.59 Å². The molecule has 2 rings (SSSR count). The maximum Gasteiger partial charge on any atom is 0.246 e. The number of carbonyl (C=O) groups is 2. The van der Waals surface area contributed by atoms with Gasteiger partial charge in [0.2, 0.25) is 11.8 Å². The number of rotatable bonds is 7. The van der Waals surface area contributed by atoms with Gasteiger partial charge in [-0.15, -0.1) is 0 Å². The van der Waals surface area contributed by atoms with Crippen LogP contribution in [-0.4, -0.2) is 48.6 Å². The van der Waals surface area contributed by atoms with E-state index in [0.717, 1.165) is 19.3 Å². The van der Waals surface area contributed by atoms with Gasteiger partial charge in [-0.25, -0.2) is 0 Å². The first-order chi connectivity index (χ1) is 9.19. The van der Waals surface area contributed by atoms with Crippen molar-refractivity contribution in [3.8, 4) is 0 Å². The number of nitrogens with zero attached hydrogens (tertiary/aromatic N) is 1. The van der Waals surface area contributed by atoms with E-state index in [1.807, 2.05) is 13.8 Å². The van der Waals surface area contributed by atoms with Gasteiger partial charge in [0.15, 0.2) is 0 Å². The van der Waals surface area contributed by atoms with Gasteiger partial charge < -0.3 is 15.0 Å². The van der Waals surface area contributed by atoms with Gasteiger partial charge in [0.25, 0.3) is 0 Å². The molecule has 5 nitrogen and oxygen atoms in total. The Bertz CT molecular complexity index is 342. The van der Waals surface area contributed by atoms with Crippen molar-refractivity contribution in [1.29, 1.82) is 0 Å². The van der Waals surface area contributed by atoms with Crippen molar-refractivity contribution in [2.75, 3.05) is 19.8 Å². The second-order valence-electron chi connectivity index (χ2n) is 5.33. The van der Waals surface area contributed by atoms with E-state index in [0.29, 0.717) is 32.1 Å². The third kappa shape index (κ3) is 3.26. The van der Waals surface area contributed by atoms with E-state index in [1.54, 1.807) is 4.90 Å². The van der Waals surface area contributed by atoms with Gasteiger partial charge in [-0.05, 0) is 38.5 Å².